The minimum Gasteiger partial charge on any atom is -0.459 e. The van der Waals surface area contributed by atoms with Crippen molar-refractivity contribution in [3.63, 3.8) is 0 Å². The van der Waals surface area contributed by atoms with Crippen LogP contribution in [0.5, 0.6) is 0 Å². The molecule has 16 heavy (non-hydrogen) atoms. The van der Waals surface area contributed by atoms with Crippen molar-refractivity contribution >= 4 is 23.2 Å². The summed E-state index contributed by atoms with van der Waals surface area (Å²) >= 11 is 4.78. The maximum atomic E-state index is 11.6. The minimum atomic E-state index is -0.408. The van der Waals surface area contributed by atoms with Crippen molar-refractivity contribution < 1.29 is 13.9 Å². The molecule has 1 amide bonds. The van der Waals surface area contributed by atoms with Gasteiger partial charge in [-0.2, -0.15) is 0 Å². The molecular formula is C9H13N3O3S. The maximum absolute atomic E-state index is 11.6. The standard InChI is InChI=1S/C9H13N3O3S/c1-14-6-4-12(9(10)16)11-8(13)7-3-2-5-15-7/h2-3,5H,4,6H2,1H3,(H2,10,16)(H,11,13). The number of hydrogen-bond donors (Lipinski definition) is 2. The first kappa shape index (κ1) is 12.5. The lowest BCUT2D eigenvalue weighted by Crippen LogP contribution is -2.49. The van der Waals surface area contributed by atoms with Crippen molar-refractivity contribution in [3.05, 3.63) is 24.2 Å². The van der Waals surface area contributed by atoms with Crippen molar-refractivity contribution in [2.75, 3.05) is 20.3 Å². The van der Waals surface area contributed by atoms with Gasteiger partial charge in [0.25, 0.3) is 0 Å². The molecule has 1 aromatic rings. The Morgan fingerprint density at radius 1 is 1.75 bits per heavy atom. The average Bonchev–Trinajstić information content (AvgIpc) is 2.76. The molecule has 88 valence electrons. The summed E-state index contributed by atoms with van der Waals surface area (Å²) in [4.78, 5) is 11.6. The second kappa shape index (κ2) is 6.09. The number of hydrazine groups is 1. The summed E-state index contributed by atoms with van der Waals surface area (Å²) in [5, 5.41) is 1.39. The Balaban J connectivity index is 2.54. The van der Waals surface area contributed by atoms with Crippen LogP contribution in [0.3, 0.4) is 0 Å². The molecule has 0 saturated carbocycles. The zero-order valence-corrected chi connectivity index (χ0v) is 9.62. The topological polar surface area (TPSA) is 80.7 Å². The number of nitrogens with one attached hydrogen (secondary N) is 1. The van der Waals surface area contributed by atoms with E-state index in [4.69, 9.17) is 27.1 Å². The zero-order valence-electron chi connectivity index (χ0n) is 8.80. The lowest BCUT2D eigenvalue weighted by atomic mass is 10.4. The van der Waals surface area contributed by atoms with Gasteiger partial charge in [-0.15, -0.1) is 0 Å². The molecule has 0 unspecified atom stereocenters. The third kappa shape index (κ3) is 3.52. The van der Waals surface area contributed by atoms with Crippen molar-refractivity contribution in [1.82, 2.24) is 10.4 Å². The largest absolute Gasteiger partial charge is 0.459 e. The molecule has 0 aliphatic carbocycles. The number of ether oxygens (including phenoxy) is 1. The number of nitrogens with zero attached hydrogens (tertiary/aromatic N) is 1. The molecule has 6 nitrogen and oxygen atoms in total. The lowest BCUT2D eigenvalue weighted by molar-refractivity contribution is 0.0812. The van der Waals surface area contributed by atoms with Crippen LogP contribution >= 0.6 is 12.2 Å². The smallest absolute Gasteiger partial charge is 0.305 e. The molecule has 1 heterocycles. The van der Waals surface area contributed by atoms with E-state index in [0.29, 0.717) is 13.2 Å². The quantitative estimate of drug-likeness (QED) is 0.577. The summed E-state index contributed by atoms with van der Waals surface area (Å²) < 4.78 is 9.79. The summed E-state index contributed by atoms with van der Waals surface area (Å²) in [6, 6.07) is 3.17. The molecule has 1 rings (SSSR count). The van der Waals surface area contributed by atoms with Crippen molar-refractivity contribution in [3.8, 4) is 0 Å². The maximum Gasteiger partial charge on any atom is 0.305 e. The molecule has 0 aliphatic rings. The number of rotatable bonds is 4. The minimum absolute atomic E-state index is 0.0666. The van der Waals surface area contributed by atoms with Gasteiger partial charge < -0.3 is 14.9 Å². The molecular weight excluding hydrogens is 230 g/mol. The van der Waals surface area contributed by atoms with Crippen LogP contribution in [0.15, 0.2) is 22.8 Å². The van der Waals surface area contributed by atoms with Crippen molar-refractivity contribution in [1.29, 1.82) is 0 Å². The van der Waals surface area contributed by atoms with E-state index in [1.54, 1.807) is 19.2 Å². The first-order valence-electron chi connectivity index (χ1n) is 4.55. The van der Waals surface area contributed by atoms with Gasteiger partial charge in [-0.1, -0.05) is 0 Å². The second-order valence-electron chi connectivity index (χ2n) is 2.90. The number of thiocarbonyl (C=S) groups is 1. The van der Waals surface area contributed by atoms with Crippen molar-refractivity contribution in [2.24, 2.45) is 5.73 Å². The number of nitrogens with two attached hydrogens (primary N) is 1. The molecule has 0 aliphatic heterocycles. The highest BCUT2D eigenvalue weighted by molar-refractivity contribution is 7.80. The first-order valence-corrected chi connectivity index (χ1v) is 4.96. The number of hydrogen-bond acceptors (Lipinski definition) is 4. The summed E-state index contributed by atoms with van der Waals surface area (Å²) in [7, 11) is 1.55. The molecule has 1 aromatic heterocycles. The van der Waals surface area contributed by atoms with Crippen LogP contribution in [0.25, 0.3) is 0 Å². The fraction of sp³-hybridized carbons (Fsp3) is 0.333. The zero-order chi connectivity index (χ0) is 12.0. The molecule has 0 saturated heterocycles. The van der Waals surface area contributed by atoms with E-state index in [0.717, 1.165) is 0 Å². The van der Waals surface area contributed by atoms with E-state index in [9.17, 15) is 4.79 Å². The van der Waals surface area contributed by atoms with E-state index in [1.807, 2.05) is 0 Å². The fourth-order valence-electron chi connectivity index (χ4n) is 0.989. The summed E-state index contributed by atoms with van der Waals surface area (Å²) in [6.45, 7) is 0.772. The number of furan rings is 1. The Morgan fingerprint density at radius 2 is 2.50 bits per heavy atom. The first-order chi connectivity index (χ1) is 7.65. The highest BCUT2D eigenvalue weighted by Crippen LogP contribution is 1.99. The van der Waals surface area contributed by atoms with Crippen LogP contribution in [-0.4, -0.2) is 36.3 Å². The van der Waals surface area contributed by atoms with Gasteiger partial charge in [0.15, 0.2) is 10.9 Å². The van der Waals surface area contributed by atoms with E-state index in [-0.39, 0.29) is 10.9 Å². The normalized spacial score (nSPS) is 9.81. The van der Waals surface area contributed by atoms with Crippen LogP contribution in [-0.2, 0) is 4.74 Å². The van der Waals surface area contributed by atoms with Gasteiger partial charge in [-0.25, -0.2) is 0 Å². The van der Waals surface area contributed by atoms with Crippen LogP contribution in [0.4, 0.5) is 0 Å². The monoisotopic (exact) mass is 243 g/mol. The van der Waals surface area contributed by atoms with Gasteiger partial charge in [0, 0.05) is 7.11 Å². The van der Waals surface area contributed by atoms with Crippen LogP contribution in [0, 0.1) is 0 Å². The number of carbonyl (C=O) groups excluding carboxylic acids is 1. The molecule has 0 bridgehead atoms. The number of carbonyl (C=O) groups is 1. The second-order valence-corrected chi connectivity index (χ2v) is 3.32. The molecule has 0 aromatic carbocycles. The molecule has 0 radical (unpaired) electrons. The fourth-order valence-corrected chi connectivity index (χ4v) is 1.13. The Morgan fingerprint density at radius 3 is 3.00 bits per heavy atom. The summed E-state index contributed by atoms with van der Waals surface area (Å²) in [6.07, 6.45) is 1.41. The van der Waals surface area contributed by atoms with Crippen LogP contribution in [0.2, 0.25) is 0 Å². The number of amides is 1. The summed E-state index contributed by atoms with van der Waals surface area (Å²) in [5.74, 6) is -0.215. The Bertz CT molecular complexity index is 353. The predicted molar refractivity (Wildman–Crippen MR) is 61.5 cm³/mol. The lowest BCUT2D eigenvalue weighted by Gasteiger charge is -2.22. The van der Waals surface area contributed by atoms with Gasteiger partial charge in [0.2, 0.25) is 0 Å². The van der Waals surface area contributed by atoms with Gasteiger partial charge in [0.1, 0.15) is 0 Å². The Labute approximate surface area is 98.3 Å². The SMILES string of the molecule is COCCN(NC(=O)c1ccco1)C(N)=S. The summed E-state index contributed by atoms with van der Waals surface area (Å²) in [5.41, 5.74) is 7.94. The van der Waals surface area contributed by atoms with E-state index >= 15 is 0 Å². The number of methoxy groups -OCH3 is 1. The van der Waals surface area contributed by atoms with Crippen LogP contribution < -0.4 is 11.2 Å². The third-order valence-corrected chi connectivity index (χ3v) is 1.99. The van der Waals surface area contributed by atoms with Gasteiger partial charge in [-0.3, -0.25) is 15.2 Å². The molecule has 7 heteroatoms. The molecule has 0 spiro atoms. The Hall–Kier alpha value is -1.60. The van der Waals surface area contributed by atoms with E-state index < -0.39 is 5.91 Å². The average molecular weight is 243 g/mol. The van der Waals surface area contributed by atoms with E-state index in [1.165, 1.54) is 11.3 Å². The predicted octanol–water partition coefficient (Wildman–Crippen LogP) is 0.116. The molecule has 0 fully saturated rings. The van der Waals surface area contributed by atoms with Gasteiger partial charge >= 0.3 is 5.91 Å². The van der Waals surface area contributed by atoms with Gasteiger partial charge in [-0.05, 0) is 24.4 Å². The van der Waals surface area contributed by atoms with Crippen molar-refractivity contribution in [2.45, 2.75) is 0 Å². The highest BCUT2D eigenvalue weighted by Gasteiger charge is 2.13. The van der Waals surface area contributed by atoms with Crippen LogP contribution in [0.1, 0.15) is 10.6 Å². The molecule has 0 atom stereocenters. The third-order valence-electron chi connectivity index (χ3n) is 1.77. The molecule has 3 N–H and O–H groups in total. The highest BCUT2D eigenvalue weighted by atomic mass is 32.1. The van der Waals surface area contributed by atoms with E-state index in [2.05, 4.69) is 5.43 Å². The Kier molecular flexibility index (Phi) is 4.74. The van der Waals surface area contributed by atoms with Gasteiger partial charge in [0.05, 0.1) is 19.4 Å².